The third kappa shape index (κ3) is 9.43. The molecule has 0 aliphatic heterocycles. The molecule has 0 unspecified atom stereocenters. The van der Waals surface area contributed by atoms with E-state index in [0.29, 0.717) is 15.6 Å². The molecule has 0 heterocycles. The Morgan fingerprint density at radius 2 is 1.56 bits per heavy atom. The maximum Gasteiger partial charge on any atom is 0.425 e. The molecule has 5 nitrogen and oxygen atoms in total. The van der Waals surface area contributed by atoms with Crippen LogP contribution in [0.1, 0.15) is 5.56 Å². The average Bonchev–Trinajstić information content (AvgIpc) is 2.18. The summed E-state index contributed by atoms with van der Waals surface area (Å²) in [4.78, 5) is 0. The molecule has 100 valence electrons. The Kier molecular flexibility index (Phi) is 7.49. The van der Waals surface area contributed by atoms with E-state index in [1.54, 1.807) is 18.2 Å². The lowest BCUT2D eigenvalue weighted by Gasteiger charge is -1.96. The molecule has 0 N–H and O–H groups in total. The largest absolute Gasteiger partial charge is 0.425 e. The molecule has 0 atom stereocenters. The van der Waals surface area contributed by atoms with Crippen LogP contribution < -0.4 is 0 Å². The van der Waals surface area contributed by atoms with Gasteiger partial charge in [-0.15, -0.1) is 12.6 Å². The van der Waals surface area contributed by atoms with Crippen LogP contribution in [0.25, 0.3) is 6.08 Å². The maximum atomic E-state index is 10.6. The Bertz CT molecular complexity index is 642. The Morgan fingerprint density at radius 1 is 1.06 bits per heavy atom. The van der Waals surface area contributed by atoms with Gasteiger partial charge in [-0.2, -0.15) is 0 Å². The summed E-state index contributed by atoms with van der Waals surface area (Å²) in [7, 11) is -1.76. The van der Waals surface area contributed by atoms with Crippen LogP contribution in [0.15, 0.2) is 23.6 Å². The second kappa shape index (κ2) is 7.75. The van der Waals surface area contributed by atoms with Crippen molar-refractivity contribution < 1.29 is 21.0 Å². The maximum absolute atomic E-state index is 10.6. The van der Waals surface area contributed by atoms with Crippen molar-refractivity contribution in [1.29, 1.82) is 0 Å². The van der Waals surface area contributed by atoms with Crippen LogP contribution in [0, 0.1) is 0 Å². The monoisotopic (exact) mass is 350 g/mol. The normalized spacial score (nSPS) is 10.8. The fourth-order valence-electron chi connectivity index (χ4n) is 0.776. The van der Waals surface area contributed by atoms with Gasteiger partial charge in [0.2, 0.25) is 0 Å². The van der Waals surface area contributed by atoms with Crippen LogP contribution in [0.4, 0.5) is 0 Å². The van der Waals surface area contributed by atoms with Crippen molar-refractivity contribution in [3.05, 3.63) is 39.2 Å². The Balaban J connectivity index is 0.000000631. The summed E-state index contributed by atoms with van der Waals surface area (Å²) in [5.74, 6) is 0. The van der Waals surface area contributed by atoms with E-state index in [4.69, 9.17) is 46.5 Å². The van der Waals surface area contributed by atoms with Crippen molar-refractivity contribution in [3.63, 3.8) is 0 Å². The average molecular weight is 352 g/mol. The third-order valence-corrected chi connectivity index (χ3v) is 2.88. The summed E-state index contributed by atoms with van der Waals surface area (Å²) in [6, 6.07) is 4.75. The molecule has 1 aromatic carbocycles. The van der Waals surface area contributed by atoms with Gasteiger partial charge in [0.05, 0.1) is 10.0 Å². The fourth-order valence-corrected chi connectivity index (χ4v) is 1.56. The predicted octanol–water partition coefficient (Wildman–Crippen LogP) is 2.53. The highest BCUT2D eigenvalue weighted by Gasteiger charge is 1.99. The lowest BCUT2D eigenvalue weighted by molar-refractivity contribution is 0.559. The fraction of sp³-hybridized carbons (Fsp3) is 0. The molecule has 1 rings (SSSR count). The quantitative estimate of drug-likeness (QED) is 0.764. The number of hydrogen-bond donors (Lipinski definition) is 0. The first kappa shape index (κ1) is 17.4. The van der Waals surface area contributed by atoms with Crippen LogP contribution in [0.2, 0.25) is 10.0 Å². The van der Waals surface area contributed by atoms with Gasteiger partial charge >= 0.3 is 10.6 Å². The molecular formula is C8H5Cl3O5S2. The van der Waals surface area contributed by atoms with E-state index in [2.05, 4.69) is 0 Å². The minimum absolute atomic E-state index is 0.362. The smallest absolute Gasteiger partial charge is 0.208 e. The van der Waals surface area contributed by atoms with Crippen LogP contribution in [0.3, 0.4) is 0 Å². The number of halogens is 3. The molecule has 1 aromatic rings. The first-order valence-electron chi connectivity index (χ1n) is 3.96. The molecule has 0 aliphatic carbocycles. The molecule has 0 radical (unpaired) electrons. The van der Waals surface area contributed by atoms with Crippen molar-refractivity contribution >= 4 is 59.6 Å². The summed E-state index contributed by atoms with van der Waals surface area (Å²) >= 11 is 11.4. The van der Waals surface area contributed by atoms with Gasteiger partial charge in [0.25, 0.3) is 9.05 Å². The second-order valence-corrected chi connectivity index (χ2v) is 6.39. The first-order chi connectivity index (χ1) is 8.11. The summed E-state index contributed by atoms with van der Waals surface area (Å²) in [5.41, 5.74) is 0.614. The minimum atomic E-state index is -3.63. The van der Waals surface area contributed by atoms with Crippen LogP contribution >= 0.6 is 33.9 Å². The third-order valence-electron chi connectivity index (χ3n) is 1.37. The van der Waals surface area contributed by atoms with Crippen molar-refractivity contribution in [2.45, 2.75) is 0 Å². The van der Waals surface area contributed by atoms with E-state index >= 15 is 0 Å². The van der Waals surface area contributed by atoms with E-state index in [1.807, 2.05) is 0 Å². The molecule has 0 aliphatic rings. The lowest BCUT2D eigenvalue weighted by Crippen LogP contribution is -1.80. The molecule has 18 heavy (non-hydrogen) atoms. The van der Waals surface area contributed by atoms with Gasteiger partial charge in [0.15, 0.2) is 0 Å². The zero-order valence-corrected chi connectivity index (χ0v) is 12.3. The van der Waals surface area contributed by atoms with Crippen molar-refractivity contribution in [3.8, 4) is 0 Å². The standard InChI is InChI=1S/C8H5Cl3O2S.O3S/c9-7-2-1-6(5-8(7)10)3-4-14(11,12)13;1-4(2)3/h1-5H;. The molecule has 0 saturated carbocycles. The molecule has 10 heteroatoms. The zero-order valence-electron chi connectivity index (χ0n) is 8.38. The predicted molar refractivity (Wildman–Crippen MR) is 70.0 cm³/mol. The van der Waals surface area contributed by atoms with Gasteiger partial charge < -0.3 is 0 Å². The van der Waals surface area contributed by atoms with Crippen LogP contribution in [-0.2, 0) is 19.7 Å². The minimum Gasteiger partial charge on any atom is -0.208 e. The van der Waals surface area contributed by atoms with E-state index < -0.39 is 19.7 Å². The number of rotatable bonds is 2. The highest BCUT2D eigenvalue weighted by molar-refractivity contribution is 8.16. The van der Waals surface area contributed by atoms with Gasteiger partial charge in [0.1, 0.15) is 0 Å². The van der Waals surface area contributed by atoms with Crippen molar-refractivity contribution in [1.82, 2.24) is 0 Å². The van der Waals surface area contributed by atoms with E-state index in [-0.39, 0.29) is 0 Å². The molecular weight excluding hydrogens is 347 g/mol. The van der Waals surface area contributed by atoms with Gasteiger partial charge in [-0.1, -0.05) is 29.3 Å². The summed E-state index contributed by atoms with van der Waals surface area (Å²) in [6.45, 7) is 0. The van der Waals surface area contributed by atoms with E-state index in [0.717, 1.165) is 5.41 Å². The Labute approximate surface area is 119 Å². The summed E-state index contributed by atoms with van der Waals surface area (Å²) in [6.07, 6.45) is 1.34. The zero-order chi connectivity index (χ0) is 14.3. The first-order valence-corrected chi connectivity index (χ1v) is 8.09. The van der Waals surface area contributed by atoms with Crippen LogP contribution in [0.5, 0.6) is 0 Å². The van der Waals surface area contributed by atoms with Gasteiger partial charge in [-0.25, -0.2) is 8.42 Å². The van der Waals surface area contributed by atoms with Crippen LogP contribution in [-0.4, -0.2) is 21.0 Å². The molecule has 0 fully saturated rings. The topological polar surface area (TPSA) is 85.3 Å². The van der Waals surface area contributed by atoms with E-state index in [1.165, 1.54) is 6.08 Å². The second-order valence-electron chi connectivity index (χ2n) is 2.66. The molecule has 0 saturated heterocycles. The van der Waals surface area contributed by atoms with Gasteiger partial charge in [-0.3, -0.25) is 0 Å². The lowest BCUT2D eigenvalue weighted by atomic mass is 10.2. The SMILES string of the molecule is O=S(=O)(Cl)C=Cc1ccc(Cl)c(Cl)c1.O=S(=O)=O. The summed E-state index contributed by atoms with van der Waals surface area (Å²) < 4.78 is 46.5. The van der Waals surface area contributed by atoms with Gasteiger partial charge in [0, 0.05) is 16.1 Å². The molecule has 0 aromatic heterocycles. The Hall–Kier alpha value is -0.600. The van der Waals surface area contributed by atoms with Gasteiger partial charge in [-0.05, 0) is 23.8 Å². The highest BCUT2D eigenvalue weighted by Crippen LogP contribution is 2.23. The highest BCUT2D eigenvalue weighted by atomic mass is 35.7. The van der Waals surface area contributed by atoms with Crippen molar-refractivity contribution in [2.24, 2.45) is 0 Å². The Morgan fingerprint density at radius 3 is 1.94 bits per heavy atom. The summed E-state index contributed by atoms with van der Waals surface area (Å²) in [5, 5.41) is 1.66. The molecule has 0 spiro atoms. The number of hydrogen-bond acceptors (Lipinski definition) is 5. The van der Waals surface area contributed by atoms with Crippen molar-refractivity contribution in [2.75, 3.05) is 0 Å². The molecule has 0 amide bonds. The molecule has 0 bridgehead atoms. The number of benzene rings is 1. The van der Waals surface area contributed by atoms with E-state index in [9.17, 15) is 8.42 Å².